The molecule has 0 saturated carbocycles. The summed E-state index contributed by atoms with van der Waals surface area (Å²) in [5, 5.41) is 4.08. The molecule has 0 aliphatic carbocycles. The maximum Gasteiger partial charge on any atom is 0.341 e. The van der Waals surface area contributed by atoms with Crippen molar-refractivity contribution in [3.63, 3.8) is 0 Å². The molecule has 0 fully saturated rings. The summed E-state index contributed by atoms with van der Waals surface area (Å²) in [6.45, 7) is 2.97. The first-order chi connectivity index (χ1) is 10.2. The van der Waals surface area contributed by atoms with Crippen LogP contribution in [0.25, 0.3) is 0 Å². The van der Waals surface area contributed by atoms with Gasteiger partial charge in [-0.25, -0.2) is 4.79 Å². The van der Waals surface area contributed by atoms with E-state index in [0.29, 0.717) is 25.4 Å². The Hall–Kier alpha value is -2.21. The number of pyridine rings is 1. The molecule has 0 saturated heterocycles. The Balaban J connectivity index is 1.88. The SMILES string of the molecule is CCOC(=O)c1cnn(C)c1COCCc1ccccn1. The lowest BCUT2D eigenvalue weighted by atomic mass is 10.2. The van der Waals surface area contributed by atoms with Crippen molar-refractivity contribution in [2.24, 2.45) is 7.05 Å². The Morgan fingerprint density at radius 1 is 1.38 bits per heavy atom. The largest absolute Gasteiger partial charge is 0.462 e. The summed E-state index contributed by atoms with van der Waals surface area (Å²) >= 11 is 0. The van der Waals surface area contributed by atoms with Crippen molar-refractivity contribution < 1.29 is 14.3 Å². The summed E-state index contributed by atoms with van der Waals surface area (Å²) in [4.78, 5) is 16.0. The molecular weight excluding hydrogens is 270 g/mol. The van der Waals surface area contributed by atoms with Crippen LogP contribution < -0.4 is 0 Å². The third kappa shape index (κ3) is 4.13. The summed E-state index contributed by atoms with van der Waals surface area (Å²) in [5.74, 6) is -0.367. The minimum atomic E-state index is -0.367. The highest BCUT2D eigenvalue weighted by Crippen LogP contribution is 2.11. The molecule has 0 aromatic carbocycles. The third-order valence-corrected chi connectivity index (χ3v) is 3.02. The fourth-order valence-electron chi connectivity index (χ4n) is 1.90. The zero-order valence-corrected chi connectivity index (χ0v) is 12.3. The minimum absolute atomic E-state index is 0.317. The van der Waals surface area contributed by atoms with Gasteiger partial charge in [-0.3, -0.25) is 9.67 Å². The first-order valence-corrected chi connectivity index (χ1v) is 6.88. The van der Waals surface area contributed by atoms with Gasteiger partial charge in [0.2, 0.25) is 0 Å². The predicted molar refractivity (Wildman–Crippen MR) is 76.8 cm³/mol. The van der Waals surface area contributed by atoms with Gasteiger partial charge in [-0.1, -0.05) is 6.07 Å². The van der Waals surface area contributed by atoms with Crippen molar-refractivity contribution >= 4 is 5.97 Å². The molecule has 0 bridgehead atoms. The number of nitrogens with zero attached hydrogens (tertiary/aromatic N) is 3. The lowest BCUT2D eigenvalue weighted by Gasteiger charge is -2.07. The second kappa shape index (κ2) is 7.54. The van der Waals surface area contributed by atoms with Crippen LogP contribution in [0.15, 0.2) is 30.6 Å². The molecule has 6 nitrogen and oxygen atoms in total. The molecule has 2 rings (SSSR count). The van der Waals surface area contributed by atoms with Crippen molar-refractivity contribution in [3.05, 3.63) is 47.5 Å². The molecule has 0 N–H and O–H groups in total. The van der Waals surface area contributed by atoms with Crippen LogP contribution in [-0.2, 0) is 29.5 Å². The van der Waals surface area contributed by atoms with Crippen molar-refractivity contribution in [1.29, 1.82) is 0 Å². The van der Waals surface area contributed by atoms with Crippen molar-refractivity contribution in [3.8, 4) is 0 Å². The highest BCUT2D eigenvalue weighted by Gasteiger charge is 2.17. The molecule has 0 unspecified atom stereocenters. The maximum atomic E-state index is 11.8. The molecular formula is C15H19N3O3. The van der Waals surface area contributed by atoms with Gasteiger partial charge in [0.25, 0.3) is 0 Å². The summed E-state index contributed by atoms with van der Waals surface area (Å²) in [6.07, 6.45) is 4.00. The molecule has 0 spiro atoms. The summed E-state index contributed by atoms with van der Waals surface area (Å²) in [7, 11) is 1.78. The van der Waals surface area contributed by atoms with Crippen LogP contribution in [-0.4, -0.2) is 33.9 Å². The van der Waals surface area contributed by atoms with Crippen LogP contribution in [0.2, 0.25) is 0 Å². The van der Waals surface area contributed by atoms with Gasteiger partial charge >= 0.3 is 5.97 Å². The standard InChI is InChI=1S/C15H19N3O3/c1-3-21-15(19)13-10-17-18(2)14(13)11-20-9-7-12-6-4-5-8-16-12/h4-6,8,10H,3,7,9,11H2,1-2H3. The number of carbonyl (C=O) groups is 1. The van der Waals surface area contributed by atoms with Gasteiger partial charge in [0.05, 0.1) is 31.7 Å². The van der Waals surface area contributed by atoms with E-state index in [1.807, 2.05) is 18.2 Å². The first-order valence-electron chi connectivity index (χ1n) is 6.88. The Morgan fingerprint density at radius 3 is 2.95 bits per heavy atom. The van der Waals surface area contributed by atoms with E-state index in [-0.39, 0.29) is 5.97 Å². The van der Waals surface area contributed by atoms with Crippen LogP contribution in [0.4, 0.5) is 0 Å². The number of ether oxygens (including phenoxy) is 2. The molecule has 0 atom stereocenters. The lowest BCUT2D eigenvalue weighted by molar-refractivity contribution is 0.0517. The van der Waals surface area contributed by atoms with E-state index in [4.69, 9.17) is 9.47 Å². The van der Waals surface area contributed by atoms with E-state index >= 15 is 0 Å². The third-order valence-electron chi connectivity index (χ3n) is 3.02. The van der Waals surface area contributed by atoms with Gasteiger partial charge < -0.3 is 9.47 Å². The summed E-state index contributed by atoms with van der Waals surface area (Å²) in [5.41, 5.74) is 2.15. The van der Waals surface area contributed by atoms with E-state index in [9.17, 15) is 4.79 Å². The number of esters is 1. The van der Waals surface area contributed by atoms with Gasteiger partial charge in [0, 0.05) is 25.4 Å². The second-order valence-electron chi connectivity index (χ2n) is 4.47. The molecule has 0 radical (unpaired) electrons. The number of carbonyl (C=O) groups excluding carboxylic acids is 1. The average molecular weight is 289 g/mol. The Morgan fingerprint density at radius 2 is 2.24 bits per heavy atom. The van der Waals surface area contributed by atoms with Crippen molar-refractivity contribution in [2.45, 2.75) is 20.0 Å². The van der Waals surface area contributed by atoms with Gasteiger partial charge in [-0.2, -0.15) is 5.10 Å². The zero-order valence-electron chi connectivity index (χ0n) is 12.3. The molecule has 2 aromatic rings. The smallest absolute Gasteiger partial charge is 0.341 e. The van der Waals surface area contributed by atoms with E-state index in [1.54, 1.807) is 24.9 Å². The summed E-state index contributed by atoms with van der Waals surface area (Å²) in [6, 6.07) is 5.78. The van der Waals surface area contributed by atoms with Crippen LogP contribution in [0, 0.1) is 0 Å². The molecule has 0 aliphatic heterocycles. The predicted octanol–water partition coefficient (Wildman–Crippen LogP) is 1.75. The topological polar surface area (TPSA) is 66.2 Å². The van der Waals surface area contributed by atoms with E-state index in [1.165, 1.54) is 6.20 Å². The highest BCUT2D eigenvalue weighted by atomic mass is 16.5. The van der Waals surface area contributed by atoms with Crippen LogP contribution in [0.5, 0.6) is 0 Å². The van der Waals surface area contributed by atoms with Crippen LogP contribution in [0.1, 0.15) is 28.7 Å². The molecule has 6 heteroatoms. The zero-order chi connectivity index (χ0) is 15.1. The summed E-state index contributed by atoms with van der Waals surface area (Å²) < 4.78 is 12.3. The molecule has 0 amide bonds. The van der Waals surface area contributed by atoms with E-state index < -0.39 is 0 Å². The van der Waals surface area contributed by atoms with Crippen LogP contribution in [0.3, 0.4) is 0 Å². The van der Waals surface area contributed by atoms with Gasteiger partial charge in [-0.15, -0.1) is 0 Å². The fraction of sp³-hybridized carbons (Fsp3) is 0.400. The molecule has 0 aliphatic rings. The molecule has 2 heterocycles. The lowest BCUT2D eigenvalue weighted by Crippen LogP contribution is -2.11. The number of aromatic nitrogens is 3. The van der Waals surface area contributed by atoms with Gasteiger partial charge in [0.1, 0.15) is 5.56 Å². The van der Waals surface area contributed by atoms with E-state index in [0.717, 1.165) is 17.8 Å². The molecule has 2 aromatic heterocycles. The Kier molecular flexibility index (Phi) is 5.45. The van der Waals surface area contributed by atoms with Gasteiger partial charge in [0.15, 0.2) is 0 Å². The Labute approximate surface area is 123 Å². The highest BCUT2D eigenvalue weighted by molar-refractivity contribution is 5.90. The minimum Gasteiger partial charge on any atom is -0.462 e. The average Bonchev–Trinajstić information content (AvgIpc) is 2.86. The molecule has 21 heavy (non-hydrogen) atoms. The number of aryl methyl sites for hydroxylation is 1. The fourth-order valence-corrected chi connectivity index (χ4v) is 1.90. The number of hydrogen-bond acceptors (Lipinski definition) is 5. The van der Waals surface area contributed by atoms with Gasteiger partial charge in [-0.05, 0) is 19.1 Å². The second-order valence-corrected chi connectivity index (χ2v) is 4.47. The van der Waals surface area contributed by atoms with E-state index in [2.05, 4.69) is 10.1 Å². The normalized spacial score (nSPS) is 10.6. The van der Waals surface area contributed by atoms with Crippen LogP contribution >= 0.6 is 0 Å². The number of hydrogen-bond donors (Lipinski definition) is 0. The monoisotopic (exact) mass is 289 g/mol. The quantitative estimate of drug-likeness (QED) is 0.574. The van der Waals surface area contributed by atoms with Crippen molar-refractivity contribution in [2.75, 3.05) is 13.2 Å². The van der Waals surface area contributed by atoms with Crippen molar-refractivity contribution in [1.82, 2.24) is 14.8 Å². The Bertz CT molecular complexity index is 581. The maximum absolute atomic E-state index is 11.8. The number of rotatable bonds is 7. The molecule has 112 valence electrons. The first kappa shape index (κ1) is 15.2.